The van der Waals surface area contributed by atoms with Crippen LogP contribution in [0.5, 0.6) is 0 Å². The van der Waals surface area contributed by atoms with E-state index in [4.69, 9.17) is 11.6 Å². The Bertz CT molecular complexity index is 1060. The highest BCUT2D eigenvalue weighted by molar-refractivity contribution is 6.34. The third kappa shape index (κ3) is 3.36. The Balaban J connectivity index is 1.59. The topological polar surface area (TPSA) is 54.0 Å². The molecule has 28 heavy (non-hydrogen) atoms. The van der Waals surface area contributed by atoms with Crippen molar-refractivity contribution in [2.24, 2.45) is 0 Å². The fourth-order valence-electron chi connectivity index (χ4n) is 3.59. The first-order valence-electron chi connectivity index (χ1n) is 9.26. The minimum atomic E-state index is -0.271. The molecule has 1 aliphatic rings. The van der Waals surface area contributed by atoms with Crippen molar-refractivity contribution in [2.45, 2.75) is 26.2 Å². The molecule has 0 bridgehead atoms. The van der Waals surface area contributed by atoms with E-state index in [9.17, 15) is 4.79 Å². The van der Waals surface area contributed by atoms with E-state index in [0.29, 0.717) is 16.4 Å². The van der Waals surface area contributed by atoms with Gasteiger partial charge in [-0.2, -0.15) is 0 Å². The lowest BCUT2D eigenvalue weighted by molar-refractivity contribution is 0.102. The van der Waals surface area contributed by atoms with Gasteiger partial charge in [0.25, 0.3) is 5.91 Å². The number of hydrogen-bond acceptors (Lipinski definition) is 3. The highest BCUT2D eigenvalue weighted by Gasteiger charge is 2.30. The Morgan fingerprint density at radius 3 is 2.68 bits per heavy atom. The van der Waals surface area contributed by atoms with Crippen LogP contribution in [0, 0.1) is 6.92 Å². The minimum absolute atomic E-state index is 0.105. The number of fused-ring (bicyclic) bond motifs is 1. The molecule has 2 heterocycles. The average molecular weight is 392 g/mol. The third-order valence-corrected chi connectivity index (χ3v) is 5.58. The van der Waals surface area contributed by atoms with Gasteiger partial charge in [0.2, 0.25) is 0 Å². The summed E-state index contributed by atoms with van der Waals surface area (Å²) in [5.74, 6) is 0.224. The number of aryl methyl sites for hydroxylation is 1. The Morgan fingerprint density at radius 1 is 1.18 bits per heavy atom. The van der Waals surface area contributed by atoms with E-state index < -0.39 is 0 Å². The summed E-state index contributed by atoms with van der Waals surface area (Å²) in [5.41, 5.74) is 6.45. The number of amides is 1. The molecule has 1 aromatic heterocycles. The molecule has 0 fully saturated rings. The van der Waals surface area contributed by atoms with Gasteiger partial charge < -0.3 is 10.6 Å². The highest BCUT2D eigenvalue weighted by atomic mass is 35.5. The van der Waals surface area contributed by atoms with Gasteiger partial charge in [-0.3, -0.25) is 4.79 Å². The zero-order valence-corrected chi connectivity index (χ0v) is 16.9. The van der Waals surface area contributed by atoms with Gasteiger partial charge in [-0.1, -0.05) is 37.6 Å². The number of nitrogens with one attached hydrogen (secondary N) is 2. The van der Waals surface area contributed by atoms with Gasteiger partial charge in [0.05, 0.1) is 10.6 Å². The molecular weight excluding hydrogens is 370 g/mol. The first-order chi connectivity index (χ1) is 13.3. The predicted molar refractivity (Wildman–Crippen MR) is 115 cm³/mol. The maximum atomic E-state index is 12.4. The van der Waals surface area contributed by atoms with Crippen LogP contribution in [0.25, 0.3) is 11.1 Å². The van der Waals surface area contributed by atoms with E-state index in [0.717, 1.165) is 17.7 Å². The van der Waals surface area contributed by atoms with Gasteiger partial charge in [0, 0.05) is 29.4 Å². The summed E-state index contributed by atoms with van der Waals surface area (Å²) >= 11 is 6.09. The number of nitrogens with zero attached hydrogens (tertiary/aromatic N) is 1. The van der Waals surface area contributed by atoms with Crippen LogP contribution in [-0.2, 0) is 5.41 Å². The molecule has 4 rings (SSSR count). The van der Waals surface area contributed by atoms with Crippen LogP contribution in [0.2, 0.25) is 5.02 Å². The monoisotopic (exact) mass is 391 g/mol. The van der Waals surface area contributed by atoms with Crippen molar-refractivity contribution >= 4 is 29.0 Å². The molecule has 3 aromatic rings. The molecule has 0 unspecified atom stereocenters. The molecule has 0 saturated carbocycles. The second-order valence-corrected chi connectivity index (χ2v) is 8.22. The lowest BCUT2D eigenvalue weighted by Crippen LogP contribution is -2.18. The number of carbonyl (C=O) groups excluding carboxylic acids is 1. The van der Waals surface area contributed by atoms with E-state index in [1.165, 1.54) is 16.8 Å². The molecule has 0 saturated heterocycles. The number of hydrogen-bond donors (Lipinski definition) is 2. The third-order valence-electron chi connectivity index (χ3n) is 5.25. The fraction of sp³-hybridized carbons (Fsp3) is 0.217. The molecule has 142 valence electrons. The molecule has 2 N–H and O–H groups in total. The van der Waals surface area contributed by atoms with Gasteiger partial charge in [0.15, 0.2) is 0 Å². The normalized spacial score (nSPS) is 14.3. The Kier molecular flexibility index (Phi) is 4.60. The lowest BCUT2D eigenvalue weighted by Gasteiger charge is -2.19. The predicted octanol–water partition coefficient (Wildman–Crippen LogP) is 5.67. The lowest BCUT2D eigenvalue weighted by atomic mass is 9.84. The zero-order chi connectivity index (χ0) is 19.9. The number of benzene rings is 2. The Labute approximate surface area is 170 Å². The Hall–Kier alpha value is -2.85. The van der Waals surface area contributed by atoms with E-state index in [1.807, 2.05) is 12.1 Å². The second-order valence-electron chi connectivity index (χ2n) is 7.82. The smallest absolute Gasteiger partial charge is 0.258 e. The second kappa shape index (κ2) is 6.95. The van der Waals surface area contributed by atoms with Crippen LogP contribution < -0.4 is 10.6 Å². The molecule has 0 aliphatic carbocycles. The summed E-state index contributed by atoms with van der Waals surface area (Å²) in [5, 5.41) is 6.71. The van der Waals surface area contributed by atoms with Crippen LogP contribution in [0.3, 0.4) is 0 Å². The molecule has 5 heteroatoms. The minimum Gasteiger partial charge on any atom is -0.384 e. The maximum Gasteiger partial charge on any atom is 0.258 e. The van der Waals surface area contributed by atoms with Gasteiger partial charge >= 0.3 is 0 Å². The summed E-state index contributed by atoms with van der Waals surface area (Å²) in [4.78, 5) is 16.8. The summed E-state index contributed by atoms with van der Waals surface area (Å²) in [6.07, 6.45) is 1.80. The molecule has 1 amide bonds. The fourth-order valence-corrected chi connectivity index (χ4v) is 3.81. The van der Waals surface area contributed by atoms with Crippen molar-refractivity contribution in [3.8, 4) is 11.1 Å². The van der Waals surface area contributed by atoms with E-state index >= 15 is 0 Å². The van der Waals surface area contributed by atoms with Gasteiger partial charge in [-0.15, -0.1) is 0 Å². The van der Waals surface area contributed by atoms with E-state index in [2.05, 4.69) is 48.5 Å². The number of halogens is 1. The van der Waals surface area contributed by atoms with Crippen LogP contribution in [-0.4, -0.2) is 17.4 Å². The van der Waals surface area contributed by atoms with Gasteiger partial charge in [-0.05, 0) is 60.0 Å². The van der Waals surface area contributed by atoms with Gasteiger partial charge in [-0.25, -0.2) is 4.98 Å². The zero-order valence-electron chi connectivity index (χ0n) is 16.1. The quantitative estimate of drug-likeness (QED) is 0.605. The molecule has 0 atom stereocenters. The van der Waals surface area contributed by atoms with Crippen LogP contribution in [0.15, 0.2) is 54.7 Å². The van der Waals surface area contributed by atoms with Crippen molar-refractivity contribution in [3.63, 3.8) is 0 Å². The van der Waals surface area contributed by atoms with E-state index in [-0.39, 0.29) is 11.3 Å². The average Bonchev–Trinajstić information content (AvgIpc) is 2.96. The summed E-state index contributed by atoms with van der Waals surface area (Å²) in [6, 6.07) is 15.2. The SMILES string of the molecule is Cc1cc2c(cc1-c1ccc(NC(=O)c3ccccc3Cl)nc1)C(C)(C)CN2. The highest BCUT2D eigenvalue weighted by Crippen LogP contribution is 2.40. The van der Waals surface area contributed by atoms with Crippen molar-refractivity contribution in [3.05, 3.63) is 76.4 Å². The molecule has 1 aliphatic heterocycles. The summed E-state index contributed by atoms with van der Waals surface area (Å²) in [6.45, 7) is 7.54. The number of pyridine rings is 1. The molecule has 4 nitrogen and oxygen atoms in total. The standard InChI is InChI=1S/C23H22ClN3O/c1-14-10-20-18(23(2,3)13-26-20)11-17(14)15-8-9-21(25-12-15)27-22(28)16-6-4-5-7-19(16)24/h4-12,26H,13H2,1-3H3,(H,25,27,28). The number of aromatic nitrogens is 1. The maximum absolute atomic E-state index is 12.4. The Morgan fingerprint density at radius 2 is 1.96 bits per heavy atom. The molecule has 0 spiro atoms. The van der Waals surface area contributed by atoms with Gasteiger partial charge in [0.1, 0.15) is 5.82 Å². The number of anilines is 2. The van der Waals surface area contributed by atoms with Crippen molar-refractivity contribution in [1.29, 1.82) is 0 Å². The summed E-state index contributed by atoms with van der Waals surface area (Å²) < 4.78 is 0. The largest absolute Gasteiger partial charge is 0.384 e. The number of carbonyl (C=O) groups is 1. The van der Waals surface area contributed by atoms with Crippen molar-refractivity contribution in [2.75, 3.05) is 17.2 Å². The molecule has 2 aromatic carbocycles. The van der Waals surface area contributed by atoms with E-state index in [1.54, 1.807) is 30.5 Å². The van der Waals surface area contributed by atoms with Crippen LogP contribution in [0.4, 0.5) is 11.5 Å². The molecule has 0 radical (unpaired) electrons. The molecular formula is C23H22ClN3O. The summed E-state index contributed by atoms with van der Waals surface area (Å²) in [7, 11) is 0. The number of rotatable bonds is 3. The van der Waals surface area contributed by atoms with Crippen molar-refractivity contribution < 1.29 is 4.79 Å². The first kappa shape index (κ1) is 18.5. The van der Waals surface area contributed by atoms with Crippen LogP contribution in [0.1, 0.15) is 35.3 Å². The van der Waals surface area contributed by atoms with Crippen LogP contribution >= 0.6 is 11.6 Å². The first-order valence-corrected chi connectivity index (χ1v) is 9.64. The van der Waals surface area contributed by atoms with Crippen molar-refractivity contribution in [1.82, 2.24) is 4.98 Å².